The van der Waals surface area contributed by atoms with Gasteiger partial charge in [0.15, 0.2) is 0 Å². The van der Waals surface area contributed by atoms with Gasteiger partial charge in [-0.1, -0.05) is 13.8 Å². The SMILES string of the molecule is CC1CCC(NS(=O)(=O)c2ccc(N3CCCC(C)C3)c([N+](=O)[O-])c2)CC1. The van der Waals surface area contributed by atoms with E-state index in [1.54, 1.807) is 6.07 Å². The zero-order valence-corrected chi connectivity index (χ0v) is 16.9. The molecule has 8 heteroatoms. The Bertz CT molecular complexity index is 788. The average molecular weight is 396 g/mol. The first-order valence-corrected chi connectivity index (χ1v) is 11.3. The molecule has 0 spiro atoms. The largest absolute Gasteiger partial charge is 0.366 e. The van der Waals surface area contributed by atoms with E-state index in [4.69, 9.17) is 0 Å². The van der Waals surface area contributed by atoms with Crippen molar-refractivity contribution in [1.29, 1.82) is 0 Å². The standard InChI is InChI=1S/C19H29N3O4S/c1-14-5-7-16(8-6-14)20-27(25,26)17-9-10-18(19(12-17)22(23)24)21-11-3-4-15(2)13-21/h9-10,12,14-16,20H,3-8,11,13H2,1-2H3. The molecule has 27 heavy (non-hydrogen) atoms. The molecule has 0 aromatic heterocycles. The molecule has 3 rings (SSSR count). The number of nitro groups is 1. The second-order valence-corrected chi connectivity index (χ2v) is 9.89. The first-order chi connectivity index (χ1) is 12.8. The molecule has 1 aromatic rings. The Balaban J connectivity index is 1.83. The molecule has 1 saturated carbocycles. The summed E-state index contributed by atoms with van der Waals surface area (Å²) in [7, 11) is -3.76. The lowest BCUT2D eigenvalue weighted by Gasteiger charge is -2.32. The van der Waals surface area contributed by atoms with Crippen molar-refractivity contribution in [2.45, 2.75) is 63.3 Å². The second kappa shape index (κ2) is 8.14. The van der Waals surface area contributed by atoms with Crippen molar-refractivity contribution in [2.75, 3.05) is 18.0 Å². The summed E-state index contributed by atoms with van der Waals surface area (Å²) < 4.78 is 28.2. The maximum absolute atomic E-state index is 12.7. The second-order valence-electron chi connectivity index (χ2n) is 8.18. The van der Waals surface area contributed by atoms with Gasteiger partial charge in [0.1, 0.15) is 5.69 Å². The fourth-order valence-electron chi connectivity index (χ4n) is 4.16. The van der Waals surface area contributed by atoms with Gasteiger partial charge in [-0.15, -0.1) is 0 Å². The van der Waals surface area contributed by atoms with E-state index in [1.807, 2.05) is 4.90 Å². The summed E-state index contributed by atoms with van der Waals surface area (Å²) >= 11 is 0. The van der Waals surface area contributed by atoms with Crippen molar-refractivity contribution in [1.82, 2.24) is 4.72 Å². The van der Waals surface area contributed by atoms with Gasteiger partial charge in [-0.2, -0.15) is 0 Å². The Morgan fingerprint density at radius 3 is 2.44 bits per heavy atom. The highest BCUT2D eigenvalue weighted by Crippen LogP contribution is 2.34. The molecule has 1 aliphatic carbocycles. The van der Waals surface area contributed by atoms with Crippen LogP contribution in [0.4, 0.5) is 11.4 Å². The minimum Gasteiger partial charge on any atom is -0.366 e. The summed E-state index contributed by atoms with van der Waals surface area (Å²) in [5.74, 6) is 1.09. The van der Waals surface area contributed by atoms with E-state index in [-0.39, 0.29) is 16.6 Å². The maximum Gasteiger partial charge on any atom is 0.293 e. The summed E-state index contributed by atoms with van der Waals surface area (Å²) in [6.45, 7) is 5.82. The summed E-state index contributed by atoms with van der Waals surface area (Å²) in [5.41, 5.74) is 0.376. The van der Waals surface area contributed by atoms with Crippen molar-refractivity contribution in [3.8, 4) is 0 Å². The van der Waals surface area contributed by atoms with Gasteiger partial charge in [0, 0.05) is 25.2 Å². The molecule has 0 radical (unpaired) electrons. The van der Waals surface area contributed by atoms with E-state index in [9.17, 15) is 18.5 Å². The van der Waals surface area contributed by atoms with Gasteiger partial charge in [0.05, 0.1) is 9.82 Å². The van der Waals surface area contributed by atoms with Crippen LogP contribution in [0.3, 0.4) is 0 Å². The molecule has 1 saturated heterocycles. The quantitative estimate of drug-likeness (QED) is 0.606. The zero-order valence-electron chi connectivity index (χ0n) is 16.1. The molecule has 1 heterocycles. The predicted molar refractivity (Wildman–Crippen MR) is 105 cm³/mol. The van der Waals surface area contributed by atoms with Crippen LogP contribution in [-0.4, -0.2) is 32.5 Å². The van der Waals surface area contributed by atoms with Crippen LogP contribution in [-0.2, 0) is 10.0 Å². The van der Waals surface area contributed by atoms with E-state index in [1.165, 1.54) is 12.1 Å². The van der Waals surface area contributed by atoms with Crippen molar-refractivity contribution >= 4 is 21.4 Å². The maximum atomic E-state index is 12.7. The van der Waals surface area contributed by atoms with Gasteiger partial charge in [0.25, 0.3) is 5.69 Å². The van der Waals surface area contributed by atoms with Crippen LogP contribution in [0.15, 0.2) is 23.1 Å². The van der Waals surface area contributed by atoms with Crippen molar-refractivity contribution < 1.29 is 13.3 Å². The van der Waals surface area contributed by atoms with Crippen molar-refractivity contribution in [3.05, 3.63) is 28.3 Å². The van der Waals surface area contributed by atoms with Crippen LogP contribution in [0.25, 0.3) is 0 Å². The van der Waals surface area contributed by atoms with Gasteiger partial charge in [-0.05, 0) is 62.5 Å². The molecule has 1 aliphatic heterocycles. The number of sulfonamides is 1. The topological polar surface area (TPSA) is 92.6 Å². The summed E-state index contributed by atoms with van der Waals surface area (Å²) in [6.07, 6.45) is 5.72. The number of piperidine rings is 1. The normalized spacial score (nSPS) is 26.7. The Kier molecular flexibility index (Phi) is 6.05. The van der Waals surface area contributed by atoms with Crippen LogP contribution >= 0.6 is 0 Å². The minimum atomic E-state index is -3.76. The highest BCUT2D eigenvalue weighted by molar-refractivity contribution is 7.89. The number of nitrogens with zero attached hydrogens (tertiary/aromatic N) is 2. The molecular formula is C19H29N3O4S. The molecule has 1 N–H and O–H groups in total. The van der Waals surface area contributed by atoms with E-state index in [2.05, 4.69) is 18.6 Å². The molecule has 1 unspecified atom stereocenters. The fraction of sp³-hybridized carbons (Fsp3) is 0.684. The Morgan fingerprint density at radius 1 is 1.11 bits per heavy atom. The van der Waals surface area contributed by atoms with Crippen LogP contribution in [0, 0.1) is 22.0 Å². The van der Waals surface area contributed by atoms with Gasteiger partial charge in [-0.3, -0.25) is 10.1 Å². The molecule has 7 nitrogen and oxygen atoms in total. The van der Waals surface area contributed by atoms with Crippen LogP contribution in [0.1, 0.15) is 52.4 Å². The Hall–Kier alpha value is -1.67. The van der Waals surface area contributed by atoms with Crippen LogP contribution < -0.4 is 9.62 Å². The van der Waals surface area contributed by atoms with Crippen molar-refractivity contribution in [2.24, 2.45) is 11.8 Å². The predicted octanol–water partition coefficient (Wildman–Crippen LogP) is 3.69. The van der Waals surface area contributed by atoms with Gasteiger partial charge in [-0.25, -0.2) is 13.1 Å². The Labute approximate surface area is 161 Å². The van der Waals surface area contributed by atoms with Gasteiger partial charge < -0.3 is 4.90 Å². The highest BCUT2D eigenvalue weighted by Gasteiger charge is 2.29. The number of nitrogens with one attached hydrogen (secondary N) is 1. The van der Waals surface area contributed by atoms with E-state index < -0.39 is 14.9 Å². The minimum absolute atomic E-state index is 0.0263. The molecule has 0 bridgehead atoms. The molecule has 150 valence electrons. The molecular weight excluding hydrogens is 366 g/mol. The molecule has 0 amide bonds. The number of nitro benzene ring substituents is 1. The zero-order chi connectivity index (χ0) is 19.6. The summed E-state index contributed by atoms with van der Waals surface area (Å²) in [4.78, 5) is 13.1. The summed E-state index contributed by atoms with van der Waals surface area (Å²) in [5, 5.41) is 11.6. The monoisotopic (exact) mass is 395 g/mol. The third-order valence-corrected chi connectivity index (χ3v) is 7.31. The molecule has 1 aromatic carbocycles. The van der Waals surface area contributed by atoms with Crippen LogP contribution in [0.5, 0.6) is 0 Å². The average Bonchev–Trinajstić information content (AvgIpc) is 2.63. The van der Waals surface area contributed by atoms with E-state index >= 15 is 0 Å². The van der Waals surface area contributed by atoms with Gasteiger partial charge in [0.2, 0.25) is 10.0 Å². The number of benzene rings is 1. The first kappa shape index (κ1) is 20.1. The molecule has 2 aliphatic rings. The summed E-state index contributed by atoms with van der Waals surface area (Å²) in [6, 6.07) is 4.21. The lowest BCUT2D eigenvalue weighted by Crippen LogP contribution is -2.37. The molecule has 2 fully saturated rings. The number of anilines is 1. The van der Waals surface area contributed by atoms with Crippen LogP contribution in [0.2, 0.25) is 0 Å². The first-order valence-electron chi connectivity index (χ1n) is 9.82. The fourth-order valence-corrected chi connectivity index (χ4v) is 5.48. The lowest BCUT2D eigenvalue weighted by molar-refractivity contribution is -0.384. The third kappa shape index (κ3) is 4.79. The van der Waals surface area contributed by atoms with Gasteiger partial charge >= 0.3 is 0 Å². The van der Waals surface area contributed by atoms with E-state index in [0.29, 0.717) is 17.5 Å². The highest BCUT2D eigenvalue weighted by atomic mass is 32.2. The molecule has 1 atom stereocenters. The smallest absolute Gasteiger partial charge is 0.293 e. The lowest BCUT2D eigenvalue weighted by atomic mass is 9.88. The number of hydrogen-bond acceptors (Lipinski definition) is 5. The number of hydrogen-bond donors (Lipinski definition) is 1. The third-order valence-electron chi connectivity index (χ3n) is 5.79. The van der Waals surface area contributed by atoms with Crippen molar-refractivity contribution in [3.63, 3.8) is 0 Å². The number of rotatable bonds is 5. The Morgan fingerprint density at radius 2 is 1.81 bits per heavy atom. The van der Waals surface area contributed by atoms with E-state index in [0.717, 1.165) is 51.6 Å².